The molecule has 120 valence electrons. The predicted octanol–water partition coefficient (Wildman–Crippen LogP) is 3.84. The predicted molar refractivity (Wildman–Crippen MR) is 86.9 cm³/mol. The van der Waals surface area contributed by atoms with Crippen molar-refractivity contribution in [1.82, 2.24) is 5.32 Å². The van der Waals surface area contributed by atoms with Crippen LogP contribution in [-0.4, -0.2) is 18.3 Å². The quantitative estimate of drug-likeness (QED) is 0.778. The smallest absolute Gasteiger partial charge is 0.132 e. The Morgan fingerprint density at radius 2 is 1.95 bits per heavy atom. The van der Waals surface area contributed by atoms with Crippen LogP contribution in [0.25, 0.3) is 0 Å². The van der Waals surface area contributed by atoms with Gasteiger partial charge in [0.2, 0.25) is 0 Å². The van der Waals surface area contributed by atoms with Crippen LogP contribution in [0.4, 0.5) is 0 Å². The lowest BCUT2D eigenvalue weighted by Gasteiger charge is -2.24. The lowest BCUT2D eigenvalue weighted by atomic mass is 10.0. The molecule has 0 spiro atoms. The fourth-order valence-electron chi connectivity index (χ4n) is 2.63. The van der Waals surface area contributed by atoms with Crippen LogP contribution >= 0.6 is 0 Å². The minimum absolute atomic E-state index is 0.173. The summed E-state index contributed by atoms with van der Waals surface area (Å²) in [5.74, 6) is 1.48. The lowest BCUT2D eigenvalue weighted by Crippen LogP contribution is -2.31. The zero-order chi connectivity index (χ0) is 15.9. The summed E-state index contributed by atoms with van der Waals surface area (Å²) < 4.78 is 10.4. The van der Waals surface area contributed by atoms with E-state index in [4.69, 9.17) is 9.15 Å². The minimum Gasteiger partial charge on any atom is -0.497 e. The van der Waals surface area contributed by atoms with Gasteiger partial charge < -0.3 is 19.6 Å². The first-order valence-electron chi connectivity index (χ1n) is 7.75. The molecule has 1 aromatic carbocycles. The van der Waals surface area contributed by atoms with E-state index in [-0.39, 0.29) is 12.1 Å². The third-order valence-corrected chi connectivity index (χ3v) is 3.86. The molecule has 0 radical (unpaired) electrons. The third kappa shape index (κ3) is 4.36. The van der Waals surface area contributed by atoms with E-state index >= 15 is 0 Å². The van der Waals surface area contributed by atoms with Crippen molar-refractivity contribution >= 4 is 0 Å². The molecule has 22 heavy (non-hydrogen) atoms. The molecule has 0 saturated heterocycles. The van der Waals surface area contributed by atoms with Gasteiger partial charge in [0.1, 0.15) is 17.6 Å². The number of rotatable bonds is 8. The standard InChI is InChI=1S/C18H25NO3/c1-4-16(14-7-9-15(21-3)10-8-14)19-13(2)12-17(20)18-6-5-11-22-18/h5-11,13,16-17,19-20H,4,12H2,1-3H3. The van der Waals surface area contributed by atoms with Crippen LogP contribution in [0.15, 0.2) is 47.1 Å². The summed E-state index contributed by atoms with van der Waals surface area (Å²) in [6, 6.07) is 12.1. The van der Waals surface area contributed by atoms with Gasteiger partial charge in [-0.25, -0.2) is 0 Å². The number of hydrogen-bond acceptors (Lipinski definition) is 4. The van der Waals surface area contributed by atoms with Crippen molar-refractivity contribution < 1.29 is 14.3 Å². The number of aliphatic hydroxyl groups excluding tert-OH is 1. The molecule has 0 aliphatic carbocycles. The third-order valence-electron chi connectivity index (χ3n) is 3.86. The second-order valence-corrected chi connectivity index (χ2v) is 5.57. The molecule has 3 unspecified atom stereocenters. The SMILES string of the molecule is CCC(NC(C)CC(O)c1ccco1)c1ccc(OC)cc1. The maximum absolute atomic E-state index is 10.2. The molecule has 2 N–H and O–H groups in total. The van der Waals surface area contributed by atoms with Crippen molar-refractivity contribution in [2.45, 2.75) is 44.9 Å². The van der Waals surface area contributed by atoms with Gasteiger partial charge in [-0.3, -0.25) is 0 Å². The van der Waals surface area contributed by atoms with Crippen LogP contribution in [0, 0.1) is 0 Å². The first kappa shape index (κ1) is 16.6. The molecular weight excluding hydrogens is 278 g/mol. The summed E-state index contributed by atoms with van der Waals surface area (Å²) in [7, 11) is 1.67. The van der Waals surface area contributed by atoms with Crippen LogP contribution in [-0.2, 0) is 0 Å². The van der Waals surface area contributed by atoms with E-state index < -0.39 is 6.10 Å². The van der Waals surface area contributed by atoms with E-state index in [9.17, 15) is 5.11 Å². The van der Waals surface area contributed by atoms with Gasteiger partial charge in [0.05, 0.1) is 13.4 Å². The zero-order valence-corrected chi connectivity index (χ0v) is 13.5. The van der Waals surface area contributed by atoms with E-state index in [0.717, 1.165) is 12.2 Å². The van der Waals surface area contributed by atoms with Crippen LogP contribution in [0.2, 0.25) is 0 Å². The Morgan fingerprint density at radius 3 is 2.50 bits per heavy atom. The lowest BCUT2D eigenvalue weighted by molar-refractivity contribution is 0.126. The average molecular weight is 303 g/mol. The molecule has 0 amide bonds. The van der Waals surface area contributed by atoms with Crippen molar-refractivity contribution in [2.24, 2.45) is 0 Å². The highest BCUT2D eigenvalue weighted by molar-refractivity contribution is 5.29. The summed E-state index contributed by atoms with van der Waals surface area (Å²) >= 11 is 0. The minimum atomic E-state index is -0.578. The topological polar surface area (TPSA) is 54.6 Å². The van der Waals surface area contributed by atoms with Crippen LogP contribution in [0.3, 0.4) is 0 Å². The monoisotopic (exact) mass is 303 g/mol. The van der Waals surface area contributed by atoms with Crippen LogP contribution in [0.5, 0.6) is 5.75 Å². The molecule has 2 aromatic rings. The van der Waals surface area contributed by atoms with E-state index in [1.54, 1.807) is 25.5 Å². The summed E-state index contributed by atoms with van der Waals surface area (Å²) in [5.41, 5.74) is 1.22. The second kappa shape index (κ2) is 8.01. The summed E-state index contributed by atoms with van der Waals surface area (Å²) in [4.78, 5) is 0. The normalized spacial score (nSPS) is 15.3. The van der Waals surface area contributed by atoms with Crippen molar-refractivity contribution in [3.63, 3.8) is 0 Å². The first-order chi connectivity index (χ1) is 10.6. The Hall–Kier alpha value is -1.78. The number of aliphatic hydroxyl groups is 1. The van der Waals surface area contributed by atoms with Gasteiger partial charge >= 0.3 is 0 Å². The van der Waals surface area contributed by atoms with Crippen molar-refractivity contribution in [3.8, 4) is 5.75 Å². The number of hydrogen-bond donors (Lipinski definition) is 2. The Morgan fingerprint density at radius 1 is 1.23 bits per heavy atom. The number of methoxy groups -OCH3 is 1. The maximum atomic E-state index is 10.2. The van der Waals surface area contributed by atoms with Crippen LogP contribution in [0.1, 0.15) is 50.2 Å². The molecule has 4 nitrogen and oxygen atoms in total. The van der Waals surface area contributed by atoms with Crippen molar-refractivity contribution in [1.29, 1.82) is 0 Å². The Kier molecular flexibility index (Phi) is 6.04. The molecule has 1 aromatic heterocycles. The summed E-state index contributed by atoms with van der Waals surface area (Å²) in [5, 5.41) is 13.7. The molecule has 0 bridgehead atoms. The highest BCUT2D eigenvalue weighted by Gasteiger charge is 2.18. The second-order valence-electron chi connectivity index (χ2n) is 5.57. The van der Waals surface area contributed by atoms with Gasteiger partial charge in [-0.15, -0.1) is 0 Å². The number of benzene rings is 1. The molecule has 1 heterocycles. The van der Waals surface area contributed by atoms with Gasteiger partial charge in [0.25, 0.3) is 0 Å². The highest BCUT2D eigenvalue weighted by Crippen LogP contribution is 2.23. The van der Waals surface area contributed by atoms with E-state index in [1.165, 1.54) is 5.56 Å². The van der Waals surface area contributed by atoms with Gasteiger partial charge in [0.15, 0.2) is 0 Å². The van der Waals surface area contributed by atoms with Gasteiger partial charge in [-0.1, -0.05) is 19.1 Å². The number of furan rings is 1. The van der Waals surface area contributed by atoms with Crippen molar-refractivity contribution in [3.05, 3.63) is 54.0 Å². The molecule has 3 atom stereocenters. The fourth-order valence-corrected chi connectivity index (χ4v) is 2.63. The fraction of sp³-hybridized carbons (Fsp3) is 0.444. The maximum Gasteiger partial charge on any atom is 0.132 e. The van der Waals surface area contributed by atoms with Gasteiger partial charge in [0, 0.05) is 12.1 Å². The summed E-state index contributed by atoms with van der Waals surface area (Å²) in [6.45, 7) is 4.23. The van der Waals surface area contributed by atoms with E-state index in [1.807, 2.05) is 12.1 Å². The highest BCUT2D eigenvalue weighted by atomic mass is 16.5. The van der Waals surface area contributed by atoms with E-state index in [2.05, 4.69) is 31.3 Å². The zero-order valence-electron chi connectivity index (χ0n) is 13.5. The molecule has 0 fully saturated rings. The number of nitrogens with one attached hydrogen (secondary N) is 1. The molecule has 0 aliphatic heterocycles. The van der Waals surface area contributed by atoms with Crippen LogP contribution < -0.4 is 10.1 Å². The average Bonchev–Trinajstić information content (AvgIpc) is 3.07. The molecular formula is C18H25NO3. The van der Waals surface area contributed by atoms with E-state index in [0.29, 0.717) is 12.2 Å². The molecule has 0 aliphatic rings. The first-order valence-corrected chi connectivity index (χ1v) is 7.75. The van der Waals surface area contributed by atoms with Crippen molar-refractivity contribution in [2.75, 3.05) is 7.11 Å². The Balaban J connectivity index is 1.93. The summed E-state index contributed by atoms with van der Waals surface area (Å²) in [6.07, 6.45) is 2.60. The molecule has 0 saturated carbocycles. The Bertz CT molecular complexity index is 536. The molecule has 2 rings (SSSR count). The number of ether oxygens (including phenoxy) is 1. The van der Waals surface area contributed by atoms with Gasteiger partial charge in [-0.2, -0.15) is 0 Å². The molecule has 4 heteroatoms. The largest absolute Gasteiger partial charge is 0.497 e. The van der Waals surface area contributed by atoms with Gasteiger partial charge in [-0.05, 0) is 49.6 Å². The Labute approximate surface area is 132 Å².